The molecule has 0 fully saturated rings. The van der Waals surface area contributed by atoms with Crippen LogP contribution in [-0.4, -0.2) is 26.8 Å². The second kappa shape index (κ2) is 8.61. The van der Waals surface area contributed by atoms with Gasteiger partial charge in [0.25, 0.3) is 5.91 Å². The van der Waals surface area contributed by atoms with Gasteiger partial charge in [-0.2, -0.15) is 9.78 Å². The molecule has 0 atom stereocenters. The molecule has 5 rings (SSSR count). The molecule has 0 aliphatic rings. The average Bonchev–Trinajstić information content (AvgIpc) is 3.08. The number of carbonyl (C=O) groups is 1. The summed E-state index contributed by atoms with van der Waals surface area (Å²) in [5.41, 5.74) is 12.3. The van der Waals surface area contributed by atoms with E-state index in [0.717, 1.165) is 16.7 Å². The molecule has 0 saturated carbocycles. The highest BCUT2D eigenvalue weighted by Crippen LogP contribution is 2.29. The maximum Gasteiger partial charge on any atom is 0.261 e. The average molecular weight is 469 g/mol. The third-order valence-corrected chi connectivity index (χ3v) is 5.75. The van der Waals surface area contributed by atoms with Gasteiger partial charge >= 0.3 is 0 Å². The number of anilines is 2. The first-order valence-corrected chi connectivity index (χ1v) is 11.0. The van der Waals surface area contributed by atoms with Crippen LogP contribution in [0.15, 0.2) is 71.8 Å². The Morgan fingerprint density at radius 2 is 1.79 bits per heavy atom. The number of aromatic nitrogens is 3. The lowest BCUT2D eigenvalue weighted by molar-refractivity contribution is 0.102. The van der Waals surface area contributed by atoms with Gasteiger partial charge in [-0.05, 0) is 60.9 Å². The maximum atomic E-state index is 13.4. The number of para-hydroxylation sites is 2. The van der Waals surface area contributed by atoms with Crippen molar-refractivity contribution >= 4 is 57.4 Å². The van der Waals surface area contributed by atoms with Gasteiger partial charge in [0.15, 0.2) is 5.65 Å². The van der Waals surface area contributed by atoms with E-state index >= 15 is 0 Å². The van der Waals surface area contributed by atoms with E-state index < -0.39 is 0 Å². The Bertz CT molecular complexity index is 1600. The number of nitrogens with zero attached hydrogens (tertiary/aromatic N) is 4. The summed E-state index contributed by atoms with van der Waals surface area (Å²) in [7, 11) is 0. The van der Waals surface area contributed by atoms with Crippen LogP contribution in [0.1, 0.15) is 27.0 Å². The molecule has 0 aliphatic carbocycles. The lowest BCUT2D eigenvalue weighted by Gasteiger charge is -2.09. The maximum absolute atomic E-state index is 13.4. The molecule has 3 N–H and O–H groups in total. The summed E-state index contributed by atoms with van der Waals surface area (Å²) in [5.74, 6) is -0.233. The van der Waals surface area contributed by atoms with Gasteiger partial charge in [-0.15, -0.1) is 0 Å². The van der Waals surface area contributed by atoms with Crippen molar-refractivity contribution in [2.24, 2.45) is 5.10 Å². The van der Waals surface area contributed by atoms with Gasteiger partial charge in [-0.1, -0.05) is 48.0 Å². The van der Waals surface area contributed by atoms with Crippen LogP contribution in [0.4, 0.5) is 11.5 Å². The number of amides is 1. The fourth-order valence-corrected chi connectivity index (χ4v) is 3.95. The van der Waals surface area contributed by atoms with Crippen LogP contribution in [0.25, 0.3) is 22.2 Å². The predicted octanol–water partition coefficient (Wildman–Crippen LogP) is 5.57. The molecule has 5 aromatic rings. The van der Waals surface area contributed by atoms with Crippen LogP contribution >= 0.6 is 11.6 Å². The second-order valence-electron chi connectivity index (χ2n) is 8.03. The first-order valence-electron chi connectivity index (χ1n) is 10.7. The van der Waals surface area contributed by atoms with Gasteiger partial charge < -0.3 is 11.1 Å². The van der Waals surface area contributed by atoms with Gasteiger partial charge in [0.2, 0.25) is 0 Å². The largest absolute Gasteiger partial charge is 0.383 e. The predicted molar refractivity (Wildman–Crippen MR) is 138 cm³/mol. The number of rotatable bonds is 4. The summed E-state index contributed by atoms with van der Waals surface area (Å²) >= 11 is 6.10. The molecule has 168 valence electrons. The van der Waals surface area contributed by atoms with Crippen LogP contribution in [0.3, 0.4) is 0 Å². The summed E-state index contributed by atoms with van der Waals surface area (Å²) in [5, 5.41) is 8.08. The number of nitrogen functional groups attached to an aromatic ring is 1. The normalized spacial score (nSPS) is 11.5. The van der Waals surface area contributed by atoms with Crippen molar-refractivity contribution in [1.29, 1.82) is 0 Å². The molecule has 0 saturated heterocycles. The van der Waals surface area contributed by atoms with Crippen molar-refractivity contribution in [1.82, 2.24) is 14.6 Å². The number of halogens is 1. The van der Waals surface area contributed by atoms with E-state index in [0.29, 0.717) is 32.9 Å². The highest BCUT2D eigenvalue weighted by atomic mass is 35.5. The standard InChI is InChI=1S/C26H21ClN6O/c1-15-10-11-16(2)21(12-15)32-26(34)22-23-25(31-20-9-4-3-8-19(20)30-23)33(24(22)28)29-14-17-6-5-7-18(27)13-17/h3-14H,28H2,1-2H3,(H,32,34). The van der Waals surface area contributed by atoms with E-state index in [4.69, 9.17) is 27.3 Å². The number of nitrogens with one attached hydrogen (secondary N) is 1. The zero-order chi connectivity index (χ0) is 23.8. The number of hydrogen-bond acceptors (Lipinski definition) is 5. The third-order valence-electron chi connectivity index (χ3n) is 5.51. The Hall–Kier alpha value is -4.23. The van der Waals surface area contributed by atoms with Crippen molar-refractivity contribution < 1.29 is 4.79 Å². The van der Waals surface area contributed by atoms with E-state index in [-0.39, 0.29) is 17.3 Å². The molecule has 7 nitrogen and oxygen atoms in total. The summed E-state index contributed by atoms with van der Waals surface area (Å²) in [4.78, 5) is 22.9. The molecule has 0 bridgehead atoms. The van der Waals surface area contributed by atoms with Gasteiger partial charge in [-0.3, -0.25) is 4.79 Å². The minimum atomic E-state index is -0.377. The Balaban J connectivity index is 1.67. The van der Waals surface area contributed by atoms with E-state index in [1.165, 1.54) is 4.68 Å². The molecule has 2 heterocycles. The van der Waals surface area contributed by atoms with E-state index in [1.807, 2.05) is 68.4 Å². The minimum Gasteiger partial charge on any atom is -0.383 e. The third kappa shape index (κ3) is 3.97. The summed E-state index contributed by atoms with van der Waals surface area (Å²) < 4.78 is 1.44. The van der Waals surface area contributed by atoms with Crippen molar-refractivity contribution in [3.05, 3.63) is 94.0 Å². The minimum absolute atomic E-state index is 0.145. The summed E-state index contributed by atoms with van der Waals surface area (Å²) in [6.07, 6.45) is 1.62. The van der Waals surface area contributed by atoms with Gasteiger partial charge in [0, 0.05) is 10.7 Å². The van der Waals surface area contributed by atoms with Gasteiger partial charge in [0.1, 0.15) is 16.9 Å². The first-order chi connectivity index (χ1) is 16.4. The fraction of sp³-hybridized carbons (Fsp3) is 0.0769. The SMILES string of the molecule is Cc1ccc(C)c(NC(=O)c2c(N)n(N=Cc3cccc(Cl)c3)c3nc4ccccc4nc23)c1. The molecule has 34 heavy (non-hydrogen) atoms. The van der Waals surface area contributed by atoms with Gasteiger partial charge in [0.05, 0.1) is 17.2 Å². The molecule has 1 amide bonds. The molecule has 3 aromatic carbocycles. The number of carbonyl (C=O) groups excluding carboxylic acids is 1. The van der Waals surface area contributed by atoms with E-state index in [1.54, 1.807) is 18.3 Å². The first kappa shape index (κ1) is 21.6. The fourth-order valence-electron chi connectivity index (χ4n) is 3.75. The monoisotopic (exact) mass is 468 g/mol. The number of aryl methyl sites for hydroxylation is 2. The smallest absolute Gasteiger partial charge is 0.261 e. The van der Waals surface area contributed by atoms with E-state index in [2.05, 4.69) is 10.4 Å². The Kier molecular flexibility index (Phi) is 5.47. The number of nitrogens with two attached hydrogens (primary N) is 1. The van der Waals surface area contributed by atoms with Crippen LogP contribution in [0, 0.1) is 13.8 Å². The molecule has 0 spiro atoms. The zero-order valence-electron chi connectivity index (χ0n) is 18.6. The molecule has 0 radical (unpaired) electrons. The topological polar surface area (TPSA) is 98.2 Å². The number of fused-ring (bicyclic) bond motifs is 2. The highest BCUT2D eigenvalue weighted by Gasteiger charge is 2.24. The molecular formula is C26H21ClN6O. The second-order valence-corrected chi connectivity index (χ2v) is 8.47. The number of benzene rings is 3. The van der Waals surface area contributed by atoms with Gasteiger partial charge in [-0.25, -0.2) is 9.97 Å². The Labute approximate surface area is 200 Å². The quantitative estimate of drug-likeness (QED) is 0.337. The Morgan fingerprint density at radius 3 is 2.56 bits per heavy atom. The van der Waals surface area contributed by atoms with Crippen LogP contribution < -0.4 is 11.1 Å². The molecular weight excluding hydrogens is 448 g/mol. The van der Waals surface area contributed by atoms with Crippen LogP contribution in [0.2, 0.25) is 5.02 Å². The molecule has 8 heteroatoms. The van der Waals surface area contributed by atoms with Crippen LogP contribution in [-0.2, 0) is 0 Å². The number of hydrogen-bond donors (Lipinski definition) is 2. The Morgan fingerprint density at radius 1 is 1.03 bits per heavy atom. The zero-order valence-corrected chi connectivity index (χ0v) is 19.3. The van der Waals surface area contributed by atoms with Crippen LogP contribution in [0.5, 0.6) is 0 Å². The van der Waals surface area contributed by atoms with E-state index in [9.17, 15) is 4.79 Å². The molecule has 0 aliphatic heterocycles. The summed E-state index contributed by atoms with van der Waals surface area (Å²) in [6, 6.07) is 20.6. The van der Waals surface area contributed by atoms with Crippen molar-refractivity contribution in [2.45, 2.75) is 13.8 Å². The van der Waals surface area contributed by atoms with Crippen molar-refractivity contribution in [3.8, 4) is 0 Å². The van der Waals surface area contributed by atoms with Crippen molar-refractivity contribution in [3.63, 3.8) is 0 Å². The lowest BCUT2D eigenvalue weighted by atomic mass is 10.1. The molecule has 0 unspecified atom stereocenters. The lowest BCUT2D eigenvalue weighted by Crippen LogP contribution is -2.15. The summed E-state index contributed by atoms with van der Waals surface area (Å²) in [6.45, 7) is 3.90. The van der Waals surface area contributed by atoms with Crippen molar-refractivity contribution in [2.75, 3.05) is 11.1 Å². The molecule has 2 aromatic heterocycles. The highest BCUT2D eigenvalue weighted by molar-refractivity contribution is 6.30.